The van der Waals surface area contributed by atoms with Gasteiger partial charge in [-0.05, 0) is 23.8 Å². The van der Waals surface area contributed by atoms with E-state index in [1.165, 1.54) is 15.6 Å². The molecule has 194 valence electrons. The number of benzene rings is 2. The lowest BCUT2D eigenvalue weighted by Gasteiger charge is -2.27. The highest BCUT2D eigenvalue weighted by Gasteiger charge is 2.28. The van der Waals surface area contributed by atoms with Gasteiger partial charge in [0.1, 0.15) is 11.5 Å². The Morgan fingerprint density at radius 2 is 1.84 bits per heavy atom. The Bertz CT molecular complexity index is 1440. The minimum atomic E-state index is -3.67. The Morgan fingerprint density at radius 1 is 1.05 bits per heavy atom. The Morgan fingerprint density at radius 3 is 2.68 bits per heavy atom. The summed E-state index contributed by atoms with van der Waals surface area (Å²) in [5, 5.41) is 8.73. The van der Waals surface area contributed by atoms with E-state index in [1.54, 1.807) is 29.6 Å². The van der Waals surface area contributed by atoms with E-state index in [4.69, 9.17) is 4.74 Å². The maximum atomic E-state index is 13.1. The molecule has 5 rings (SSSR count). The molecule has 0 bridgehead atoms. The van der Waals surface area contributed by atoms with Crippen LogP contribution in [0.5, 0.6) is 0 Å². The van der Waals surface area contributed by atoms with Gasteiger partial charge in [-0.3, -0.25) is 4.79 Å². The number of nitrogens with zero attached hydrogens (tertiary/aromatic N) is 3. The number of aromatic nitrogens is 3. The lowest BCUT2D eigenvalue weighted by atomic mass is 10.2. The molecule has 0 aliphatic carbocycles. The molecular formula is C25H28N6O4S2. The Balaban J connectivity index is 1.13. The molecule has 37 heavy (non-hydrogen) atoms. The van der Waals surface area contributed by atoms with Crippen molar-refractivity contribution in [2.24, 2.45) is 0 Å². The number of thiazole rings is 1. The number of nitrogens with one attached hydrogen (secondary N) is 3. The van der Waals surface area contributed by atoms with Gasteiger partial charge in [-0.1, -0.05) is 30.3 Å². The monoisotopic (exact) mass is 540 g/mol. The fraction of sp³-hybridized carbons (Fsp3) is 0.320. The number of aromatic amines is 1. The number of sulfonamides is 1. The maximum absolute atomic E-state index is 13.1. The lowest BCUT2D eigenvalue weighted by Crippen LogP contribution is -2.41. The Kier molecular flexibility index (Phi) is 7.91. The van der Waals surface area contributed by atoms with Crippen LogP contribution < -0.4 is 10.6 Å². The number of H-pyrrole nitrogens is 1. The summed E-state index contributed by atoms with van der Waals surface area (Å²) in [6.45, 7) is 2.78. The van der Waals surface area contributed by atoms with Crippen LogP contribution in [0.1, 0.15) is 26.9 Å². The normalized spacial score (nSPS) is 14.7. The van der Waals surface area contributed by atoms with Crippen molar-refractivity contribution >= 4 is 38.3 Å². The number of para-hydroxylation sites is 2. The second kappa shape index (κ2) is 11.5. The third-order valence-corrected chi connectivity index (χ3v) is 8.94. The highest BCUT2D eigenvalue weighted by molar-refractivity contribution is 7.89. The molecule has 0 atom stereocenters. The van der Waals surface area contributed by atoms with Crippen molar-refractivity contribution in [3.05, 3.63) is 76.0 Å². The second-order valence-electron chi connectivity index (χ2n) is 8.56. The van der Waals surface area contributed by atoms with Gasteiger partial charge in [0.15, 0.2) is 0 Å². The van der Waals surface area contributed by atoms with Gasteiger partial charge in [-0.2, -0.15) is 4.31 Å². The number of fused-ring (bicyclic) bond motifs is 1. The third-order valence-electron chi connectivity index (χ3n) is 6.03. The molecule has 1 saturated heterocycles. The lowest BCUT2D eigenvalue weighted by molar-refractivity contribution is 0.0730. The quantitative estimate of drug-likeness (QED) is 0.263. The minimum absolute atomic E-state index is 0.0878. The van der Waals surface area contributed by atoms with E-state index < -0.39 is 10.0 Å². The third kappa shape index (κ3) is 6.05. The van der Waals surface area contributed by atoms with Crippen molar-refractivity contribution in [2.45, 2.75) is 24.4 Å². The van der Waals surface area contributed by atoms with E-state index in [2.05, 4.69) is 25.6 Å². The summed E-state index contributed by atoms with van der Waals surface area (Å²) in [4.78, 5) is 25.2. The molecular weight excluding hydrogens is 512 g/mol. The van der Waals surface area contributed by atoms with Crippen LogP contribution in [0.2, 0.25) is 0 Å². The van der Waals surface area contributed by atoms with Gasteiger partial charge >= 0.3 is 0 Å². The molecule has 0 radical (unpaired) electrons. The van der Waals surface area contributed by atoms with Crippen LogP contribution >= 0.6 is 11.3 Å². The number of carbonyl (C=O) groups excluding carboxylic acids is 1. The summed E-state index contributed by atoms with van der Waals surface area (Å²) in [6, 6.07) is 14.6. The van der Waals surface area contributed by atoms with Crippen molar-refractivity contribution in [1.82, 2.24) is 29.9 Å². The van der Waals surface area contributed by atoms with E-state index in [1.807, 2.05) is 24.3 Å². The summed E-state index contributed by atoms with van der Waals surface area (Å²) < 4.78 is 32.9. The molecule has 2 aromatic heterocycles. The van der Waals surface area contributed by atoms with Gasteiger partial charge in [0.25, 0.3) is 5.91 Å². The number of ether oxygens (including phenoxy) is 1. The number of hydrogen-bond acceptors (Lipinski definition) is 8. The first-order valence-corrected chi connectivity index (χ1v) is 14.4. The SMILES string of the molecule is O=C(NCc1ccccc1S(=O)(=O)N1CCOCC1)c1csc(CCNCc2nc3ccccc3[nH]2)n1. The van der Waals surface area contributed by atoms with Gasteiger partial charge in [0, 0.05) is 38.0 Å². The topological polar surface area (TPSA) is 129 Å². The van der Waals surface area contributed by atoms with E-state index in [9.17, 15) is 13.2 Å². The van der Waals surface area contributed by atoms with Crippen molar-refractivity contribution in [1.29, 1.82) is 0 Å². The molecule has 0 saturated carbocycles. The number of carbonyl (C=O) groups is 1. The Hall–Kier alpha value is -3.16. The van der Waals surface area contributed by atoms with Crippen LogP contribution in [0.4, 0.5) is 0 Å². The van der Waals surface area contributed by atoms with Crippen LogP contribution in [0.15, 0.2) is 58.8 Å². The summed E-state index contributed by atoms with van der Waals surface area (Å²) in [6.07, 6.45) is 0.679. The molecule has 3 N–H and O–H groups in total. The average molecular weight is 541 g/mol. The number of amides is 1. The largest absolute Gasteiger partial charge is 0.379 e. The first-order chi connectivity index (χ1) is 18.0. The summed E-state index contributed by atoms with van der Waals surface area (Å²) in [5.41, 5.74) is 2.81. The maximum Gasteiger partial charge on any atom is 0.271 e. The molecule has 3 heterocycles. The fourth-order valence-corrected chi connectivity index (χ4v) is 6.52. The molecule has 4 aromatic rings. The predicted molar refractivity (Wildman–Crippen MR) is 141 cm³/mol. The van der Waals surface area contributed by atoms with E-state index in [0.717, 1.165) is 21.9 Å². The molecule has 1 fully saturated rings. The van der Waals surface area contributed by atoms with Crippen molar-refractivity contribution in [2.75, 3.05) is 32.8 Å². The van der Waals surface area contributed by atoms with Crippen LogP contribution in [0, 0.1) is 0 Å². The van der Waals surface area contributed by atoms with Gasteiger partial charge in [0.2, 0.25) is 10.0 Å². The molecule has 0 unspecified atom stereocenters. The number of morpholine rings is 1. The van der Waals surface area contributed by atoms with E-state index >= 15 is 0 Å². The van der Waals surface area contributed by atoms with Crippen molar-refractivity contribution in [3.8, 4) is 0 Å². The molecule has 1 aliphatic rings. The number of imidazole rings is 1. The van der Waals surface area contributed by atoms with Gasteiger partial charge in [-0.15, -0.1) is 11.3 Å². The highest BCUT2D eigenvalue weighted by atomic mass is 32.2. The van der Waals surface area contributed by atoms with Crippen LogP contribution in [-0.2, 0) is 34.3 Å². The second-order valence-corrected chi connectivity index (χ2v) is 11.4. The fourth-order valence-electron chi connectivity index (χ4n) is 4.12. The smallest absolute Gasteiger partial charge is 0.271 e. The number of hydrogen-bond donors (Lipinski definition) is 3. The van der Waals surface area contributed by atoms with Crippen LogP contribution in [0.25, 0.3) is 11.0 Å². The first kappa shape index (κ1) is 25.5. The highest BCUT2D eigenvalue weighted by Crippen LogP contribution is 2.21. The van der Waals surface area contributed by atoms with Crippen molar-refractivity contribution < 1.29 is 17.9 Å². The van der Waals surface area contributed by atoms with Crippen LogP contribution in [0.3, 0.4) is 0 Å². The predicted octanol–water partition coefficient (Wildman–Crippen LogP) is 2.30. The van der Waals surface area contributed by atoms with Gasteiger partial charge in [-0.25, -0.2) is 18.4 Å². The Labute approximate surface area is 219 Å². The van der Waals surface area contributed by atoms with Crippen LogP contribution in [-0.4, -0.2) is 66.4 Å². The molecule has 2 aromatic carbocycles. The minimum Gasteiger partial charge on any atom is -0.379 e. The van der Waals surface area contributed by atoms with Gasteiger partial charge in [0.05, 0.1) is 40.7 Å². The molecule has 12 heteroatoms. The zero-order valence-electron chi connectivity index (χ0n) is 20.1. The molecule has 1 amide bonds. The van der Waals surface area contributed by atoms with Gasteiger partial charge < -0.3 is 20.4 Å². The molecule has 0 spiro atoms. The standard InChI is InChI=1S/C25H28N6O4S2/c32-25(27-15-18-5-1-4-8-22(18)37(33,34)31-11-13-35-14-12-31)21-17-36-24(30-21)9-10-26-16-23-28-19-6-2-3-7-20(19)29-23/h1-8,17,26H,9-16H2,(H,27,32)(H,28,29). The van der Waals surface area contributed by atoms with Crippen molar-refractivity contribution in [3.63, 3.8) is 0 Å². The van der Waals surface area contributed by atoms with E-state index in [-0.39, 0.29) is 17.3 Å². The summed E-state index contributed by atoms with van der Waals surface area (Å²) >= 11 is 1.43. The number of rotatable bonds is 10. The molecule has 10 nitrogen and oxygen atoms in total. The molecule has 1 aliphatic heterocycles. The average Bonchev–Trinajstić information content (AvgIpc) is 3.57. The van der Waals surface area contributed by atoms with E-state index in [0.29, 0.717) is 57.1 Å². The summed E-state index contributed by atoms with van der Waals surface area (Å²) in [5.74, 6) is 0.535. The summed E-state index contributed by atoms with van der Waals surface area (Å²) in [7, 11) is -3.67. The zero-order chi connectivity index (χ0) is 25.7. The first-order valence-electron chi connectivity index (χ1n) is 12.0. The zero-order valence-corrected chi connectivity index (χ0v) is 21.8.